The van der Waals surface area contributed by atoms with Crippen LogP contribution in [0, 0.1) is 6.92 Å². The predicted octanol–water partition coefficient (Wildman–Crippen LogP) is 3.74. The summed E-state index contributed by atoms with van der Waals surface area (Å²) in [6.45, 7) is 6.35. The maximum absolute atomic E-state index is 5.90. The third-order valence-electron chi connectivity index (χ3n) is 2.90. The van der Waals surface area contributed by atoms with Crippen LogP contribution in [-0.4, -0.2) is 17.0 Å². The molecule has 1 aromatic heterocycles. The molecule has 0 aliphatic carbocycles. The Morgan fingerprint density at radius 1 is 1.16 bits per heavy atom. The van der Waals surface area contributed by atoms with Crippen molar-refractivity contribution in [2.24, 2.45) is 0 Å². The first-order valence-corrected chi connectivity index (χ1v) is 6.38. The number of rotatable bonds is 4. The number of anilines is 1. The summed E-state index contributed by atoms with van der Waals surface area (Å²) in [6.07, 6.45) is 1.49. The zero-order chi connectivity index (χ0) is 13.8. The summed E-state index contributed by atoms with van der Waals surface area (Å²) in [7, 11) is 1.82. The third-order valence-corrected chi connectivity index (χ3v) is 2.90. The Kier molecular flexibility index (Phi) is 4.00. The second-order valence-electron chi connectivity index (χ2n) is 4.79. The summed E-state index contributed by atoms with van der Waals surface area (Å²) < 4.78 is 5.90. The maximum atomic E-state index is 5.90. The molecule has 0 atom stereocenters. The van der Waals surface area contributed by atoms with E-state index in [0.717, 1.165) is 11.6 Å². The fourth-order valence-electron chi connectivity index (χ4n) is 1.85. The van der Waals surface area contributed by atoms with E-state index in [0.29, 0.717) is 11.8 Å². The molecular formula is C15H19N3O. The van der Waals surface area contributed by atoms with Crippen molar-refractivity contribution in [1.29, 1.82) is 0 Å². The van der Waals surface area contributed by atoms with Crippen molar-refractivity contribution in [2.45, 2.75) is 26.7 Å². The predicted molar refractivity (Wildman–Crippen MR) is 76.9 cm³/mol. The van der Waals surface area contributed by atoms with Gasteiger partial charge in [0.05, 0.1) is 0 Å². The molecule has 19 heavy (non-hydrogen) atoms. The van der Waals surface area contributed by atoms with Gasteiger partial charge in [-0.3, -0.25) is 0 Å². The van der Waals surface area contributed by atoms with Crippen molar-refractivity contribution in [1.82, 2.24) is 9.97 Å². The van der Waals surface area contributed by atoms with Gasteiger partial charge in [-0.15, -0.1) is 0 Å². The Morgan fingerprint density at radius 3 is 2.63 bits per heavy atom. The minimum Gasteiger partial charge on any atom is -0.439 e. The van der Waals surface area contributed by atoms with E-state index in [9.17, 15) is 0 Å². The number of hydrogen-bond donors (Lipinski definition) is 1. The van der Waals surface area contributed by atoms with Gasteiger partial charge < -0.3 is 10.1 Å². The molecule has 2 aromatic rings. The summed E-state index contributed by atoms with van der Waals surface area (Å²) >= 11 is 0. The zero-order valence-electron chi connectivity index (χ0n) is 11.8. The molecule has 100 valence electrons. The molecule has 0 radical (unpaired) electrons. The Balaban J connectivity index is 2.33. The van der Waals surface area contributed by atoms with Crippen molar-refractivity contribution in [2.75, 3.05) is 12.4 Å². The van der Waals surface area contributed by atoms with E-state index in [1.807, 2.05) is 13.1 Å². The fraction of sp³-hybridized carbons (Fsp3) is 0.333. The first-order chi connectivity index (χ1) is 9.10. The van der Waals surface area contributed by atoms with Gasteiger partial charge in [-0.05, 0) is 30.0 Å². The van der Waals surface area contributed by atoms with Crippen LogP contribution < -0.4 is 10.1 Å². The topological polar surface area (TPSA) is 47.0 Å². The lowest BCUT2D eigenvalue weighted by Crippen LogP contribution is -1.98. The molecule has 0 spiro atoms. The van der Waals surface area contributed by atoms with E-state index in [1.54, 1.807) is 6.07 Å². The minimum atomic E-state index is 0.404. The smallest absolute Gasteiger partial charge is 0.224 e. The quantitative estimate of drug-likeness (QED) is 0.906. The summed E-state index contributed by atoms with van der Waals surface area (Å²) in [4.78, 5) is 8.21. The summed E-state index contributed by atoms with van der Waals surface area (Å²) in [6, 6.07) is 8.03. The van der Waals surface area contributed by atoms with E-state index in [2.05, 4.69) is 48.2 Å². The molecule has 1 heterocycles. The highest BCUT2D eigenvalue weighted by molar-refractivity contribution is 5.43. The van der Waals surface area contributed by atoms with Gasteiger partial charge in [0.15, 0.2) is 0 Å². The average molecular weight is 257 g/mol. The average Bonchev–Trinajstić information content (AvgIpc) is 2.38. The minimum absolute atomic E-state index is 0.404. The van der Waals surface area contributed by atoms with Crippen LogP contribution in [0.4, 0.5) is 5.82 Å². The van der Waals surface area contributed by atoms with Crippen molar-refractivity contribution in [3.63, 3.8) is 0 Å². The van der Waals surface area contributed by atoms with Gasteiger partial charge in [-0.1, -0.05) is 26.0 Å². The SMILES string of the molecule is CNc1cc(Oc2cc(C)ccc2C(C)C)ncn1. The van der Waals surface area contributed by atoms with Crippen LogP contribution in [0.5, 0.6) is 11.6 Å². The number of aryl methyl sites for hydroxylation is 1. The van der Waals surface area contributed by atoms with Crippen LogP contribution in [0.25, 0.3) is 0 Å². The molecule has 4 nitrogen and oxygen atoms in total. The van der Waals surface area contributed by atoms with Crippen LogP contribution in [0.2, 0.25) is 0 Å². The second-order valence-corrected chi connectivity index (χ2v) is 4.79. The molecule has 4 heteroatoms. The monoisotopic (exact) mass is 257 g/mol. The Labute approximate surface area is 113 Å². The normalized spacial score (nSPS) is 10.6. The highest BCUT2D eigenvalue weighted by atomic mass is 16.5. The van der Waals surface area contributed by atoms with E-state index < -0.39 is 0 Å². The van der Waals surface area contributed by atoms with Gasteiger partial charge in [-0.2, -0.15) is 0 Å². The molecule has 0 saturated heterocycles. The molecular weight excluding hydrogens is 238 g/mol. The van der Waals surface area contributed by atoms with Crippen LogP contribution in [0.15, 0.2) is 30.6 Å². The van der Waals surface area contributed by atoms with Crippen LogP contribution in [-0.2, 0) is 0 Å². The molecule has 2 rings (SSSR count). The van der Waals surface area contributed by atoms with E-state index in [1.165, 1.54) is 17.5 Å². The van der Waals surface area contributed by atoms with Crippen molar-refractivity contribution in [3.05, 3.63) is 41.7 Å². The molecule has 0 bridgehead atoms. The third kappa shape index (κ3) is 3.22. The summed E-state index contributed by atoms with van der Waals surface area (Å²) in [5, 5.41) is 2.97. The first-order valence-electron chi connectivity index (χ1n) is 6.38. The molecule has 0 unspecified atom stereocenters. The number of nitrogens with one attached hydrogen (secondary N) is 1. The zero-order valence-corrected chi connectivity index (χ0v) is 11.8. The van der Waals surface area contributed by atoms with Gasteiger partial charge in [-0.25, -0.2) is 9.97 Å². The number of benzene rings is 1. The molecule has 0 amide bonds. The molecule has 0 fully saturated rings. The largest absolute Gasteiger partial charge is 0.439 e. The summed E-state index contributed by atoms with van der Waals surface area (Å²) in [5.74, 6) is 2.55. The second kappa shape index (κ2) is 5.69. The highest BCUT2D eigenvalue weighted by Crippen LogP contribution is 2.31. The fourth-order valence-corrected chi connectivity index (χ4v) is 1.85. The van der Waals surface area contributed by atoms with E-state index >= 15 is 0 Å². The Morgan fingerprint density at radius 2 is 1.95 bits per heavy atom. The molecule has 0 aliphatic rings. The van der Waals surface area contributed by atoms with Crippen molar-refractivity contribution >= 4 is 5.82 Å². The maximum Gasteiger partial charge on any atom is 0.224 e. The lowest BCUT2D eigenvalue weighted by Gasteiger charge is -2.14. The van der Waals surface area contributed by atoms with Gasteiger partial charge in [0.25, 0.3) is 0 Å². The van der Waals surface area contributed by atoms with Crippen LogP contribution in [0.3, 0.4) is 0 Å². The molecule has 0 aliphatic heterocycles. The van der Waals surface area contributed by atoms with E-state index in [-0.39, 0.29) is 0 Å². The lowest BCUT2D eigenvalue weighted by molar-refractivity contribution is 0.453. The van der Waals surface area contributed by atoms with Crippen LogP contribution >= 0.6 is 0 Å². The van der Waals surface area contributed by atoms with Gasteiger partial charge in [0, 0.05) is 13.1 Å². The number of ether oxygens (including phenoxy) is 1. The number of aromatic nitrogens is 2. The molecule has 1 aromatic carbocycles. The van der Waals surface area contributed by atoms with Crippen molar-refractivity contribution in [3.8, 4) is 11.6 Å². The van der Waals surface area contributed by atoms with E-state index in [4.69, 9.17) is 4.74 Å². The Hall–Kier alpha value is -2.10. The van der Waals surface area contributed by atoms with Gasteiger partial charge >= 0.3 is 0 Å². The van der Waals surface area contributed by atoms with Crippen molar-refractivity contribution < 1.29 is 4.74 Å². The van der Waals surface area contributed by atoms with Crippen LogP contribution in [0.1, 0.15) is 30.9 Å². The lowest BCUT2D eigenvalue weighted by atomic mass is 10.0. The molecule has 1 N–H and O–H groups in total. The standard InChI is InChI=1S/C15H19N3O/c1-10(2)12-6-5-11(3)7-13(12)19-15-8-14(16-4)17-9-18-15/h5-10H,1-4H3,(H,16,17,18). The first kappa shape index (κ1) is 13.3. The summed E-state index contributed by atoms with van der Waals surface area (Å²) in [5.41, 5.74) is 2.34. The highest BCUT2D eigenvalue weighted by Gasteiger charge is 2.10. The van der Waals surface area contributed by atoms with Gasteiger partial charge in [0.2, 0.25) is 5.88 Å². The molecule has 0 saturated carbocycles. The number of hydrogen-bond acceptors (Lipinski definition) is 4. The van der Waals surface area contributed by atoms with Gasteiger partial charge in [0.1, 0.15) is 17.9 Å². The Bertz CT molecular complexity index is 567. The number of nitrogens with zero attached hydrogens (tertiary/aromatic N) is 2.